The minimum Gasteiger partial charge on any atom is -0.340 e. The number of carbonyl (C=O) groups excluding carboxylic acids is 1. The molecule has 5 rings (SSSR count). The molecule has 1 amide bonds. The predicted molar refractivity (Wildman–Crippen MR) is 99.0 cm³/mol. The first-order chi connectivity index (χ1) is 12.7. The number of amides is 1. The highest BCUT2D eigenvalue weighted by Gasteiger charge is 2.32. The molecule has 1 saturated heterocycles. The third-order valence-corrected chi connectivity index (χ3v) is 5.12. The van der Waals surface area contributed by atoms with Crippen LogP contribution in [0.15, 0.2) is 48.9 Å². The smallest absolute Gasteiger partial charge is 0.255 e. The summed E-state index contributed by atoms with van der Waals surface area (Å²) in [6.07, 6.45) is 7.35. The van der Waals surface area contributed by atoms with Crippen LogP contribution in [-0.4, -0.2) is 36.7 Å². The molecule has 26 heavy (non-hydrogen) atoms. The molecule has 6 nitrogen and oxygen atoms in total. The van der Waals surface area contributed by atoms with Crippen LogP contribution in [0.25, 0.3) is 16.7 Å². The second-order valence-electron chi connectivity index (χ2n) is 6.91. The van der Waals surface area contributed by atoms with Gasteiger partial charge >= 0.3 is 0 Å². The number of aryl methyl sites for hydroxylation is 1. The van der Waals surface area contributed by atoms with Gasteiger partial charge in [-0.05, 0) is 49.6 Å². The number of hydrogen-bond donors (Lipinski definition) is 1. The predicted octanol–water partition coefficient (Wildman–Crippen LogP) is 3.50. The van der Waals surface area contributed by atoms with E-state index in [2.05, 4.69) is 29.0 Å². The maximum Gasteiger partial charge on any atom is 0.255 e. The number of nitrogens with one attached hydrogen (secondary N) is 1. The number of H-pyrrole nitrogens is 1. The van der Waals surface area contributed by atoms with Gasteiger partial charge in [0.1, 0.15) is 11.5 Å². The van der Waals surface area contributed by atoms with Gasteiger partial charge in [-0.3, -0.25) is 4.79 Å². The van der Waals surface area contributed by atoms with Crippen LogP contribution >= 0.6 is 0 Å². The molecule has 0 radical (unpaired) electrons. The average Bonchev–Trinajstić information content (AvgIpc) is 3.37. The number of benzene rings is 1. The molecular formula is C20H19N5O. The van der Waals surface area contributed by atoms with E-state index >= 15 is 0 Å². The Kier molecular flexibility index (Phi) is 3.31. The third kappa shape index (κ3) is 2.37. The van der Waals surface area contributed by atoms with Crippen LogP contribution in [0.4, 0.5) is 0 Å². The van der Waals surface area contributed by atoms with Gasteiger partial charge in [0.25, 0.3) is 5.91 Å². The summed E-state index contributed by atoms with van der Waals surface area (Å²) in [5.74, 6) is 0.917. The molecule has 1 aliphatic heterocycles. The Hall–Kier alpha value is -3.15. The number of hydrogen-bond acceptors (Lipinski definition) is 3. The first-order valence-electron chi connectivity index (χ1n) is 8.89. The molecule has 1 aliphatic rings. The fraction of sp³-hybridized carbons (Fsp3) is 0.250. The Bertz CT molecular complexity index is 1130. The lowest BCUT2D eigenvalue weighted by Gasteiger charge is -2.23. The second-order valence-corrected chi connectivity index (χ2v) is 6.91. The molecular weight excluding hydrogens is 326 g/mol. The highest BCUT2D eigenvalue weighted by Crippen LogP contribution is 2.32. The number of rotatable bonds is 2. The van der Waals surface area contributed by atoms with E-state index in [1.807, 2.05) is 39.9 Å². The molecule has 130 valence electrons. The summed E-state index contributed by atoms with van der Waals surface area (Å²) >= 11 is 0. The summed E-state index contributed by atoms with van der Waals surface area (Å²) in [5, 5.41) is 0. The van der Waals surface area contributed by atoms with Gasteiger partial charge in [0.15, 0.2) is 0 Å². The molecule has 1 aromatic carbocycles. The fourth-order valence-corrected chi connectivity index (χ4v) is 3.81. The van der Waals surface area contributed by atoms with Gasteiger partial charge in [0.2, 0.25) is 0 Å². The summed E-state index contributed by atoms with van der Waals surface area (Å²) in [6.45, 7) is 2.82. The van der Waals surface area contributed by atoms with Crippen molar-refractivity contribution in [1.29, 1.82) is 0 Å². The van der Waals surface area contributed by atoms with Crippen molar-refractivity contribution in [3.8, 4) is 0 Å². The van der Waals surface area contributed by atoms with Crippen LogP contribution in [0.1, 0.15) is 40.6 Å². The number of likely N-dealkylation sites (tertiary alicyclic amines) is 1. The first-order valence-corrected chi connectivity index (χ1v) is 8.89. The van der Waals surface area contributed by atoms with E-state index in [0.717, 1.165) is 41.9 Å². The number of aromatic amines is 1. The van der Waals surface area contributed by atoms with Gasteiger partial charge in [0.05, 0.1) is 22.6 Å². The molecule has 0 saturated carbocycles. The molecule has 4 aromatic rings. The van der Waals surface area contributed by atoms with Gasteiger partial charge in [-0.2, -0.15) is 0 Å². The molecule has 1 atom stereocenters. The highest BCUT2D eigenvalue weighted by molar-refractivity contribution is 5.94. The van der Waals surface area contributed by atoms with Crippen molar-refractivity contribution in [1.82, 2.24) is 24.3 Å². The van der Waals surface area contributed by atoms with E-state index < -0.39 is 0 Å². The van der Waals surface area contributed by atoms with Crippen LogP contribution in [0.5, 0.6) is 0 Å². The minimum absolute atomic E-state index is 0.00584. The van der Waals surface area contributed by atoms with Crippen LogP contribution in [0.3, 0.4) is 0 Å². The minimum atomic E-state index is -0.00584. The number of pyridine rings is 1. The van der Waals surface area contributed by atoms with E-state index in [4.69, 9.17) is 4.98 Å². The van der Waals surface area contributed by atoms with E-state index in [1.54, 1.807) is 6.20 Å². The fourth-order valence-electron chi connectivity index (χ4n) is 3.81. The van der Waals surface area contributed by atoms with Gasteiger partial charge in [-0.15, -0.1) is 0 Å². The number of fused-ring (bicyclic) bond motifs is 2. The highest BCUT2D eigenvalue weighted by atomic mass is 16.2. The van der Waals surface area contributed by atoms with Crippen molar-refractivity contribution in [2.75, 3.05) is 6.54 Å². The van der Waals surface area contributed by atoms with Crippen molar-refractivity contribution in [3.05, 3.63) is 65.9 Å². The maximum absolute atomic E-state index is 13.1. The number of aromatic nitrogens is 4. The third-order valence-electron chi connectivity index (χ3n) is 5.12. The van der Waals surface area contributed by atoms with Crippen molar-refractivity contribution in [3.63, 3.8) is 0 Å². The molecule has 1 N–H and O–H groups in total. The van der Waals surface area contributed by atoms with E-state index in [9.17, 15) is 4.79 Å². The molecule has 0 bridgehead atoms. The largest absolute Gasteiger partial charge is 0.340 e. The number of carbonyl (C=O) groups is 1. The Balaban J connectivity index is 1.49. The topological polar surface area (TPSA) is 66.3 Å². The van der Waals surface area contributed by atoms with Gasteiger partial charge in [-0.1, -0.05) is 6.07 Å². The molecule has 3 aromatic heterocycles. The Morgan fingerprint density at radius 1 is 1.27 bits per heavy atom. The SMILES string of the molecule is Cc1ccc2nc([C@@H]3CCCN3C(=O)c3ccc4nccn4c3)[nH]c2c1. The van der Waals surface area contributed by atoms with E-state index in [1.165, 1.54) is 5.56 Å². The molecule has 0 aliphatic carbocycles. The summed E-state index contributed by atoms with van der Waals surface area (Å²) in [5.41, 5.74) is 4.69. The number of imidazole rings is 2. The van der Waals surface area contributed by atoms with Crippen LogP contribution < -0.4 is 0 Å². The van der Waals surface area contributed by atoms with Crippen LogP contribution in [0, 0.1) is 6.92 Å². The maximum atomic E-state index is 13.1. The second kappa shape index (κ2) is 5.69. The summed E-state index contributed by atoms with van der Waals surface area (Å²) < 4.78 is 1.88. The standard InChI is InChI=1S/C20H19N5O/c1-13-4-6-15-16(11-13)23-19(22-15)17-3-2-9-25(17)20(26)14-5-7-18-21-8-10-24(18)12-14/h4-8,10-12,17H,2-3,9H2,1H3,(H,22,23)/t17-/m0/s1. The summed E-state index contributed by atoms with van der Waals surface area (Å²) in [4.78, 5) is 27.4. The lowest BCUT2D eigenvalue weighted by Crippen LogP contribution is -2.31. The van der Waals surface area contributed by atoms with Crippen molar-refractivity contribution >= 4 is 22.6 Å². The lowest BCUT2D eigenvalue weighted by atomic mass is 10.2. The normalized spacial score (nSPS) is 17.4. The average molecular weight is 345 g/mol. The quantitative estimate of drug-likeness (QED) is 0.605. The van der Waals surface area contributed by atoms with Gasteiger partial charge < -0.3 is 14.3 Å². The molecule has 1 fully saturated rings. The monoisotopic (exact) mass is 345 g/mol. The molecule has 6 heteroatoms. The Labute approximate surface area is 150 Å². The van der Waals surface area contributed by atoms with Crippen LogP contribution in [-0.2, 0) is 0 Å². The zero-order valence-electron chi connectivity index (χ0n) is 14.5. The zero-order valence-corrected chi connectivity index (χ0v) is 14.5. The van der Waals surface area contributed by atoms with Crippen molar-refractivity contribution in [2.45, 2.75) is 25.8 Å². The number of nitrogens with zero attached hydrogens (tertiary/aromatic N) is 4. The molecule has 0 unspecified atom stereocenters. The summed E-state index contributed by atoms with van der Waals surface area (Å²) in [6, 6.07) is 9.90. The zero-order chi connectivity index (χ0) is 17.7. The Morgan fingerprint density at radius 3 is 3.12 bits per heavy atom. The molecule has 4 heterocycles. The van der Waals surface area contributed by atoms with Crippen LogP contribution in [0.2, 0.25) is 0 Å². The first kappa shape index (κ1) is 15.1. The van der Waals surface area contributed by atoms with Gasteiger partial charge in [-0.25, -0.2) is 9.97 Å². The summed E-state index contributed by atoms with van der Waals surface area (Å²) in [7, 11) is 0. The Morgan fingerprint density at radius 2 is 2.19 bits per heavy atom. The van der Waals surface area contributed by atoms with Crippen molar-refractivity contribution in [2.24, 2.45) is 0 Å². The van der Waals surface area contributed by atoms with Crippen molar-refractivity contribution < 1.29 is 4.79 Å². The lowest BCUT2D eigenvalue weighted by molar-refractivity contribution is 0.0730. The molecule has 0 spiro atoms. The van der Waals surface area contributed by atoms with E-state index in [0.29, 0.717) is 5.56 Å². The van der Waals surface area contributed by atoms with E-state index in [-0.39, 0.29) is 11.9 Å². The van der Waals surface area contributed by atoms with Gasteiger partial charge in [0, 0.05) is 25.1 Å².